The van der Waals surface area contributed by atoms with Gasteiger partial charge in [0.05, 0.1) is 18.3 Å². The lowest BCUT2D eigenvalue weighted by atomic mass is 10.1. The summed E-state index contributed by atoms with van der Waals surface area (Å²) in [5, 5.41) is 12.7. The summed E-state index contributed by atoms with van der Waals surface area (Å²) in [7, 11) is 1.26. The maximum absolute atomic E-state index is 12.4. The van der Waals surface area contributed by atoms with Crippen LogP contribution < -0.4 is 5.22 Å². The van der Waals surface area contributed by atoms with E-state index in [0.717, 1.165) is 27.9 Å². The first-order valence-electron chi connectivity index (χ1n) is 7.55. The van der Waals surface area contributed by atoms with Crippen molar-refractivity contribution in [2.45, 2.75) is 0 Å². The van der Waals surface area contributed by atoms with E-state index in [1.807, 2.05) is 12.1 Å². The Labute approximate surface area is 156 Å². The summed E-state index contributed by atoms with van der Waals surface area (Å²) in [6, 6.07) is 9.05. The number of rotatable bonds is 2. The van der Waals surface area contributed by atoms with Crippen molar-refractivity contribution in [1.29, 1.82) is 0 Å². The Bertz CT molecular complexity index is 1210. The molecule has 4 rings (SSSR count). The summed E-state index contributed by atoms with van der Waals surface area (Å²) in [6.07, 6.45) is 3.05. The van der Waals surface area contributed by atoms with Gasteiger partial charge < -0.3 is 14.3 Å². The van der Waals surface area contributed by atoms with Crippen LogP contribution in [0, 0.1) is 0 Å². The number of ether oxygens (including phenoxy) is 1. The molecule has 130 valence electrons. The zero-order valence-electron chi connectivity index (χ0n) is 13.4. The molecule has 1 aliphatic heterocycles. The largest absolute Gasteiger partial charge is 0.477 e. The third kappa shape index (κ3) is 2.50. The fraction of sp³-hybridized carbons (Fsp3) is 0.0526. The summed E-state index contributed by atoms with van der Waals surface area (Å²) >= 11 is 7.26. The van der Waals surface area contributed by atoms with Crippen LogP contribution in [0.1, 0.15) is 5.56 Å². The minimum Gasteiger partial charge on any atom is -0.477 e. The van der Waals surface area contributed by atoms with Crippen LogP contribution >= 0.6 is 23.4 Å². The van der Waals surface area contributed by atoms with Crippen molar-refractivity contribution in [3.05, 3.63) is 57.3 Å². The van der Waals surface area contributed by atoms with Crippen molar-refractivity contribution in [2.75, 3.05) is 7.11 Å². The molecule has 0 bridgehead atoms. The molecule has 1 aliphatic rings. The zero-order chi connectivity index (χ0) is 18.4. The Hall–Kier alpha value is -2.70. The molecule has 0 saturated carbocycles. The average Bonchev–Trinajstić information content (AvgIpc) is 2.95. The van der Waals surface area contributed by atoms with Crippen molar-refractivity contribution in [1.82, 2.24) is 0 Å². The predicted molar refractivity (Wildman–Crippen MR) is 101 cm³/mol. The number of esters is 1. The van der Waals surface area contributed by atoms with E-state index in [1.54, 1.807) is 24.5 Å². The molecule has 0 unspecified atom stereocenters. The highest BCUT2D eigenvalue weighted by Gasteiger charge is 2.26. The van der Waals surface area contributed by atoms with Crippen LogP contribution in [0.5, 0.6) is 0 Å². The molecule has 0 amide bonds. The lowest BCUT2D eigenvalue weighted by Crippen LogP contribution is -2.20. The number of aliphatic carboxylic acids is 1. The molecular weight excluding hydrogens is 376 g/mol. The van der Waals surface area contributed by atoms with Gasteiger partial charge in [0.15, 0.2) is 0 Å². The molecule has 0 fully saturated rings. The Morgan fingerprint density at radius 1 is 1.23 bits per heavy atom. The molecule has 1 N–H and O–H groups in total. The van der Waals surface area contributed by atoms with Crippen molar-refractivity contribution in [2.24, 2.45) is 0 Å². The lowest BCUT2D eigenvalue weighted by molar-refractivity contribution is -0.133. The van der Waals surface area contributed by atoms with Gasteiger partial charge >= 0.3 is 11.9 Å². The Morgan fingerprint density at radius 2 is 2.04 bits per heavy atom. The van der Waals surface area contributed by atoms with E-state index >= 15 is 0 Å². The normalized spacial score (nSPS) is 13.5. The van der Waals surface area contributed by atoms with Crippen LogP contribution in [0.3, 0.4) is 0 Å². The molecular formula is C19H11ClO5S. The van der Waals surface area contributed by atoms with Crippen LogP contribution in [0.2, 0.25) is 5.02 Å². The monoisotopic (exact) mass is 386 g/mol. The van der Waals surface area contributed by atoms with Crippen molar-refractivity contribution in [3.63, 3.8) is 0 Å². The molecule has 0 aliphatic carbocycles. The van der Waals surface area contributed by atoms with Gasteiger partial charge in [-0.2, -0.15) is 0 Å². The molecule has 0 spiro atoms. The second-order valence-corrected chi connectivity index (χ2v) is 7.04. The number of thioether (sulfide) groups is 1. The summed E-state index contributed by atoms with van der Waals surface area (Å²) in [6.45, 7) is 0. The summed E-state index contributed by atoms with van der Waals surface area (Å²) < 4.78 is 10.5. The second-order valence-electron chi connectivity index (χ2n) is 5.58. The number of hydrogen-bond acceptors (Lipinski definition) is 5. The molecule has 0 radical (unpaired) electrons. The van der Waals surface area contributed by atoms with Gasteiger partial charge in [-0.1, -0.05) is 23.4 Å². The maximum Gasteiger partial charge on any atom is 0.345 e. The van der Waals surface area contributed by atoms with E-state index in [2.05, 4.69) is 0 Å². The van der Waals surface area contributed by atoms with Crippen LogP contribution in [0.25, 0.3) is 32.7 Å². The number of carboxylic acid groups (broad SMARTS) is 1. The third-order valence-electron chi connectivity index (χ3n) is 4.13. The molecule has 0 saturated heterocycles. The van der Waals surface area contributed by atoms with E-state index in [-0.39, 0.29) is 9.81 Å². The molecule has 7 heteroatoms. The van der Waals surface area contributed by atoms with Gasteiger partial charge in [-0.3, -0.25) is 0 Å². The van der Waals surface area contributed by atoms with Gasteiger partial charge in [0.2, 0.25) is 0 Å². The van der Waals surface area contributed by atoms with Crippen LogP contribution in [-0.2, 0) is 14.3 Å². The SMILES string of the molecule is COC(=O)C1=c2c(c(Cl)ccc3c2cc2cccoc23)C=C(C(=O)O)S1. The molecule has 3 aromatic rings. The van der Waals surface area contributed by atoms with Crippen LogP contribution in [-0.4, -0.2) is 24.2 Å². The molecule has 26 heavy (non-hydrogen) atoms. The number of carbonyl (C=O) groups is 2. The molecule has 2 aromatic carbocycles. The number of hydrogen-bond donors (Lipinski definition) is 1. The van der Waals surface area contributed by atoms with E-state index < -0.39 is 11.9 Å². The molecule has 2 heterocycles. The van der Waals surface area contributed by atoms with E-state index in [9.17, 15) is 14.7 Å². The zero-order valence-corrected chi connectivity index (χ0v) is 15.0. The predicted octanol–water partition coefficient (Wildman–Crippen LogP) is 3.97. The minimum absolute atomic E-state index is 0.0000476. The molecule has 0 atom stereocenters. The summed E-state index contributed by atoms with van der Waals surface area (Å²) in [4.78, 5) is 24.1. The molecule has 5 nitrogen and oxygen atoms in total. The number of methoxy groups -OCH3 is 1. The van der Waals surface area contributed by atoms with Crippen LogP contribution in [0.15, 0.2) is 45.9 Å². The average molecular weight is 387 g/mol. The first kappa shape index (κ1) is 16.8. The van der Waals surface area contributed by atoms with E-state index in [0.29, 0.717) is 21.4 Å². The fourth-order valence-corrected chi connectivity index (χ4v) is 4.20. The number of halogens is 1. The lowest BCUT2D eigenvalue weighted by Gasteiger charge is -2.13. The Morgan fingerprint density at radius 3 is 2.77 bits per heavy atom. The van der Waals surface area contributed by atoms with Crippen LogP contribution in [0.4, 0.5) is 0 Å². The van der Waals surface area contributed by atoms with Gasteiger partial charge in [0.25, 0.3) is 0 Å². The third-order valence-corrected chi connectivity index (χ3v) is 5.54. The van der Waals surface area contributed by atoms with Gasteiger partial charge in [0, 0.05) is 26.6 Å². The van der Waals surface area contributed by atoms with Crippen molar-refractivity contribution in [3.8, 4) is 0 Å². The minimum atomic E-state index is -1.14. The number of carbonyl (C=O) groups excluding carboxylic acids is 1. The van der Waals surface area contributed by atoms with E-state index in [4.69, 9.17) is 20.8 Å². The van der Waals surface area contributed by atoms with Gasteiger partial charge in [0.1, 0.15) is 10.5 Å². The van der Waals surface area contributed by atoms with Gasteiger partial charge in [-0.25, -0.2) is 9.59 Å². The standard InChI is InChI=1S/C19H11ClO5S/c1-24-19(23)17-15-11-7-9-3-2-6-25-16(9)10(11)4-5-13(20)12(15)8-14(26-17)18(21)22/h2-8H,1H3,(H,21,22). The van der Waals surface area contributed by atoms with Crippen molar-refractivity contribution < 1.29 is 23.8 Å². The second kappa shape index (κ2) is 6.23. The quantitative estimate of drug-likeness (QED) is 0.671. The fourth-order valence-electron chi connectivity index (χ4n) is 3.01. The van der Waals surface area contributed by atoms with Gasteiger partial charge in [-0.05, 0) is 41.8 Å². The summed E-state index contributed by atoms with van der Waals surface area (Å²) in [5.74, 6) is -1.75. The smallest absolute Gasteiger partial charge is 0.345 e. The summed E-state index contributed by atoms with van der Waals surface area (Å²) in [5.41, 5.74) is 1.13. The van der Waals surface area contributed by atoms with E-state index in [1.165, 1.54) is 13.2 Å². The highest BCUT2D eigenvalue weighted by Crippen LogP contribution is 2.36. The topological polar surface area (TPSA) is 76.7 Å². The highest BCUT2D eigenvalue weighted by atomic mass is 35.5. The molecule has 1 aromatic heterocycles. The first-order valence-corrected chi connectivity index (χ1v) is 8.75. The maximum atomic E-state index is 12.4. The number of fused-ring (bicyclic) bond motifs is 5. The van der Waals surface area contributed by atoms with Gasteiger partial charge in [-0.15, -0.1) is 0 Å². The highest BCUT2D eigenvalue weighted by molar-refractivity contribution is 8.13. The number of carboxylic acids is 1. The Kier molecular flexibility index (Phi) is 4.01. The van der Waals surface area contributed by atoms with Crippen molar-refractivity contribution >= 4 is 68.0 Å². The Balaban J connectivity index is 2.28. The first-order chi connectivity index (χ1) is 12.5.